The number of aliphatic hydroxyl groups is 1. The van der Waals surface area contributed by atoms with Gasteiger partial charge in [-0.25, -0.2) is 0 Å². The Bertz CT molecular complexity index is 861. The van der Waals surface area contributed by atoms with Gasteiger partial charge in [0, 0.05) is 24.3 Å². The van der Waals surface area contributed by atoms with E-state index >= 15 is 0 Å². The van der Waals surface area contributed by atoms with Crippen LogP contribution in [0.2, 0.25) is 0 Å². The highest BCUT2D eigenvalue weighted by molar-refractivity contribution is 5.70. The van der Waals surface area contributed by atoms with Gasteiger partial charge in [0.05, 0.1) is 6.10 Å². The summed E-state index contributed by atoms with van der Waals surface area (Å²) in [4.78, 5) is 25.7. The highest BCUT2D eigenvalue weighted by Gasteiger charge is 2.42. The maximum absolute atomic E-state index is 13.0. The number of aliphatic hydroxyl groups excluding tert-OH is 1. The molecule has 0 aliphatic rings. The Hall–Kier alpha value is -1.66. The van der Waals surface area contributed by atoms with E-state index < -0.39 is 29.8 Å². The van der Waals surface area contributed by atoms with Crippen LogP contribution in [0.1, 0.15) is 221 Å². The number of rotatable bonds is 36. The second-order valence-electron chi connectivity index (χ2n) is 15.9. The van der Waals surface area contributed by atoms with Crippen molar-refractivity contribution >= 4 is 11.9 Å². The number of unbranched alkanes of at least 4 members (excludes halogenated alkanes) is 22. The number of carbonyl (C=O) groups is 2. The molecule has 0 aliphatic heterocycles. The predicted molar refractivity (Wildman–Crippen MR) is 218 cm³/mol. The Balaban J connectivity index is 4.39. The summed E-state index contributed by atoms with van der Waals surface area (Å²) in [5.41, 5.74) is 5.62. The fraction of sp³-hybridized carbons (Fsp3) is 0.867. The first-order chi connectivity index (χ1) is 24.5. The third-order valence-corrected chi connectivity index (χ3v) is 10.1. The number of carbonyl (C=O) groups excluding carboxylic acids is 2. The number of allylic oxidation sites excluding steroid dienone is 4. The molecule has 0 fully saturated rings. The zero-order valence-electron chi connectivity index (χ0n) is 34.6. The lowest BCUT2D eigenvalue weighted by molar-refractivity contribution is -0.178. The highest BCUT2D eigenvalue weighted by Crippen LogP contribution is 2.29. The molecule has 0 saturated carbocycles. The lowest BCUT2D eigenvalue weighted by Gasteiger charge is -2.40. The van der Waals surface area contributed by atoms with E-state index in [0.29, 0.717) is 12.8 Å². The molecule has 0 amide bonds. The number of hydrogen-bond acceptors (Lipinski definition) is 6. The number of ether oxygens (including phenoxy) is 2. The van der Waals surface area contributed by atoms with Gasteiger partial charge in [0.15, 0.2) is 0 Å². The van der Waals surface area contributed by atoms with Crippen molar-refractivity contribution in [2.45, 2.75) is 245 Å². The largest absolute Gasteiger partial charge is 0.459 e. The molecule has 0 aromatic carbocycles. The van der Waals surface area contributed by atoms with Gasteiger partial charge in [-0.1, -0.05) is 141 Å². The molecule has 51 heavy (non-hydrogen) atoms. The standard InChI is InChI=1S/C45H85NO5/c1-7-9-11-13-15-17-19-21-23-25-27-29-31-33-35-37-41(48)50-40(4)44(43(39(3)47)45(5,6)46)51-42(49)38-36-34-32-30-28-26-24-22-20-18-16-14-12-10-8-2/h21-24,39-40,43-44,47H,7-20,25-38,46H2,1-6H3/b23-21-,24-22-. The van der Waals surface area contributed by atoms with Crippen molar-refractivity contribution < 1.29 is 24.2 Å². The first-order valence-electron chi connectivity index (χ1n) is 21.7. The fourth-order valence-electron chi connectivity index (χ4n) is 7.00. The SMILES string of the molecule is CCCCCCCC/C=C\CCCCCCCC(=O)OC(C)C(OC(=O)CCCCCCC/C=C\CCCCCCCC)C(C(C)O)C(C)(C)N. The van der Waals surface area contributed by atoms with Crippen LogP contribution in [0.25, 0.3) is 0 Å². The Morgan fingerprint density at radius 1 is 0.549 bits per heavy atom. The van der Waals surface area contributed by atoms with Crippen molar-refractivity contribution in [3.63, 3.8) is 0 Å². The van der Waals surface area contributed by atoms with Crippen molar-refractivity contribution in [1.29, 1.82) is 0 Å². The van der Waals surface area contributed by atoms with Crippen LogP contribution < -0.4 is 5.73 Å². The van der Waals surface area contributed by atoms with Gasteiger partial charge in [0.2, 0.25) is 0 Å². The molecule has 0 radical (unpaired) electrons. The zero-order chi connectivity index (χ0) is 38.0. The van der Waals surface area contributed by atoms with E-state index in [4.69, 9.17) is 15.2 Å². The second-order valence-corrected chi connectivity index (χ2v) is 15.9. The Kier molecular flexibility index (Phi) is 33.0. The average Bonchev–Trinajstić information content (AvgIpc) is 3.07. The monoisotopic (exact) mass is 720 g/mol. The summed E-state index contributed by atoms with van der Waals surface area (Å²) in [5.74, 6) is -1.21. The third kappa shape index (κ3) is 30.5. The van der Waals surface area contributed by atoms with E-state index in [0.717, 1.165) is 57.8 Å². The van der Waals surface area contributed by atoms with Crippen molar-refractivity contribution in [1.82, 2.24) is 0 Å². The summed E-state index contributed by atoms with van der Waals surface area (Å²) in [6.07, 6.45) is 38.8. The quantitative estimate of drug-likeness (QED) is 0.0380. The maximum atomic E-state index is 13.0. The summed E-state index contributed by atoms with van der Waals surface area (Å²) < 4.78 is 11.7. The normalized spacial score (nSPS) is 14.6. The molecule has 4 unspecified atom stereocenters. The number of hydrogen-bond donors (Lipinski definition) is 2. The Morgan fingerprint density at radius 2 is 0.863 bits per heavy atom. The molecule has 0 heterocycles. The molecule has 6 nitrogen and oxygen atoms in total. The molecule has 0 aliphatic carbocycles. The lowest BCUT2D eigenvalue weighted by atomic mass is 9.78. The fourth-order valence-corrected chi connectivity index (χ4v) is 7.00. The van der Waals surface area contributed by atoms with Gasteiger partial charge in [-0.2, -0.15) is 0 Å². The van der Waals surface area contributed by atoms with Crippen LogP contribution in [0, 0.1) is 5.92 Å². The summed E-state index contributed by atoms with van der Waals surface area (Å²) in [7, 11) is 0. The summed E-state index contributed by atoms with van der Waals surface area (Å²) in [6, 6.07) is 0. The van der Waals surface area contributed by atoms with Crippen LogP contribution >= 0.6 is 0 Å². The second kappa shape index (κ2) is 34.1. The molecule has 0 aromatic rings. The summed E-state index contributed by atoms with van der Waals surface area (Å²) >= 11 is 0. The molecule has 0 saturated heterocycles. The topological polar surface area (TPSA) is 98.8 Å². The third-order valence-electron chi connectivity index (χ3n) is 10.1. The van der Waals surface area contributed by atoms with Gasteiger partial charge in [0.25, 0.3) is 0 Å². The number of nitrogens with two attached hydrogens (primary N) is 1. The Morgan fingerprint density at radius 3 is 1.20 bits per heavy atom. The van der Waals surface area contributed by atoms with E-state index in [-0.39, 0.29) is 11.9 Å². The predicted octanol–water partition coefficient (Wildman–Crippen LogP) is 12.6. The minimum atomic E-state index is -0.841. The minimum Gasteiger partial charge on any atom is -0.459 e. The van der Waals surface area contributed by atoms with E-state index in [1.165, 1.54) is 109 Å². The van der Waals surface area contributed by atoms with E-state index in [1.807, 2.05) is 13.8 Å². The molecule has 0 bridgehead atoms. The smallest absolute Gasteiger partial charge is 0.306 e. The summed E-state index contributed by atoms with van der Waals surface area (Å²) in [5, 5.41) is 10.7. The molecule has 4 atom stereocenters. The van der Waals surface area contributed by atoms with Crippen LogP contribution in [0.5, 0.6) is 0 Å². The van der Waals surface area contributed by atoms with E-state index in [1.54, 1.807) is 13.8 Å². The molecule has 300 valence electrons. The van der Waals surface area contributed by atoms with Crippen molar-refractivity contribution in [2.75, 3.05) is 0 Å². The highest BCUT2D eigenvalue weighted by atomic mass is 16.6. The maximum Gasteiger partial charge on any atom is 0.306 e. The molecule has 0 rings (SSSR count). The molecule has 3 N–H and O–H groups in total. The van der Waals surface area contributed by atoms with Gasteiger partial charge in [-0.15, -0.1) is 0 Å². The van der Waals surface area contributed by atoms with Crippen LogP contribution in [0.3, 0.4) is 0 Å². The van der Waals surface area contributed by atoms with E-state index in [9.17, 15) is 14.7 Å². The van der Waals surface area contributed by atoms with Crippen LogP contribution in [0.15, 0.2) is 24.3 Å². The van der Waals surface area contributed by atoms with Crippen LogP contribution in [-0.2, 0) is 19.1 Å². The van der Waals surface area contributed by atoms with Crippen molar-refractivity contribution in [3.8, 4) is 0 Å². The zero-order valence-corrected chi connectivity index (χ0v) is 34.6. The minimum absolute atomic E-state index is 0.294. The van der Waals surface area contributed by atoms with Gasteiger partial charge >= 0.3 is 11.9 Å². The lowest BCUT2D eigenvalue weighted by Crippen LogP contribution is -2.56. The summed E-state index contributed by atoms with van der Waals surface area (Å²) in [6.45, 7) is 11.6. The molecular weight excluding hydrogens is 634 g/mol. The van der Waals surface area contributed by atoms with Crippen molar-refractivity contribution in [2.24, 2.45) is 11.7 Å². The van der Waals surface area contributed by atoms with Crippen LogP contribution in [0.4, 0.5) is 0 Å². The number of esters is 2. The first-order valence-corrected chi connectivity index (χ1v) is 21.7. The molecule has 0 aromatic heterocycles. The average molecular weight is 720 g/mol. The Labute approximate surface area is 316 Å². The van der Waals surface area contributed by atoms with E-state index in [2.05, 4.69) is 38.2 Å². The van der Waals surface area contributed by atoms with Gasteiger partial charge in [0.1, 0.15) is 12.2 Å². The van der Waals surface area contributed by atoms with Gasteiger partial charge in [-0.05, 0) is 91.9 Å². The first kappa shape index (κ1) is 49.3. The van der Waals surface area contributed by atoms with Crippen molar-refractivity contribution in [3.05, 3.63) is 24.3 Å². The molecule has 0 spiro atoms. The van der Waals surface area contributed by atoms with Gasteiger partial charge in [-0.3, -0.25) is 9.59 Å². The van der Waals surface area contributed by atoms with Crippen LogP contribution in [-0.4, -0.2) is 40.9 Å². The molecular formula is C45H85NO5. The van der Waals surface area contributed by atoms with Gasteiger partial charge < -0.3 is 20.3 Å². The molecule has 6 heteroatoms.